The van der Waals surface area contributed by atoms with Gasteiger partial charge in [0.05, 0.1) is 19.3 Å². The number of aliphatic hydroxyl groups excluding tert-OH is 1. The summed E-state index contributed by atoms with van der Waals surface area (Å²) in [6.07, 6.45) is 6.27. The minimum absolute atomic E-state index is 0.174. The highest BCUT2D eigenvalue weighted by Gasteiger charge is 2.32. The second-order valence-electron chi connectivity index (χ2n) is 4.83. The zero-order chi connectivity index (χ0) is 9.86. The summed E-state index contributed by atoms with van der Waals surface area (Å²) in [4.78, 5) is 0. The molecule has 1 aliphatic heterocycles. The van der Waals surface area contributed by atoms with Crippen LogP contribution in [0.1, 0.15) is 32.1 Å². The summed E-state index contributed by atoms with van der Waals surface area (Å²) in [6, 6.07) is 0.542. The van der Waals surface area contributed by atoms with E-state index in [0.29, 0.717) is 12.6 Å². The van der Waals surface area contributed by atoms with E-state index in [0.717, 1.165) is 19.8 Å². The molecule has 0 radical (unpaired) electrons. The van der Waals surface area contributed by atoms with E-state index in [1.54, 1.807) is 0 Å². The molecule has 1 saturated carbocycles. The monoisotopic (exact) mass is 199 g/mol. The maximum atomic E-state index is 9.47. The Hall–Kier alpha value is -0.120. The largest absolute Gasteiger partial charge is 0.396 e. The first-order valence-electron chi connectivity index (χ1n) is 5.77. The zero-order valence-electron chi connectivity index (χ0n) is 8.80. The van der Waals surface area contributed by atoms with Crippen molar-refractivity contribution in [1.29, 1.82) is 0 Å². The molecule has 2 aliphatic rings. The normalized spacial score (nSPS) is 27.2. The first-order valence-corrected chi connectivity index (χ1v) is 5.77. The lowest BCUT2D eigenvalue weighted by Gasteiger charge is -2.38. The van der Waals surface area contributed by atoms with E-state index < -0.39 is 0 Å². The van der Waals surface area contributed by atoms with Crippen LogP contribution in [0.2, 0.25) is 0 Å². The van der Waals surface area contributed by atoms with Gasteiger partial charge in [0, 0.05) is 18.6 Å². The van der Waals surface area contributed by atoms with Crippen LogP contribution in [-0.4, -0.2) is 37.5 Å². The van der Waals surface area contributed by atoms with Gasteiger partial charge < -0.3 is 15.2 Å². The van der Waals surface area contributed by atoms with E-state index in [1.807, 2.05) is 0 Å². The predicted molar refractivity (Wildman–Crippen MR) is 55.2 cm³/mol. The van der Waals surface area contributed by atoms with Crippen molar-refractivity contribution in [3.63, 3.8) is 0 Å². The summed E-state index contributed by atoms with van der Waals surface area (Å²) in [6.45, 7) is 3.01. The van der Waals surface area contributed by atoms with Crippen LogP contribution in [-0.2, 0) is 4.74 Å². The van der Waals surface area contributed by atoms with Gasteiger partial charge in [-0.25, -0.2) is 0 Å². The number of aliphatic hydroxyl groups is 1. The van der Waals surface area contributed by atoms with Gasteiger partial charge >= 0.3 is 0 Å². The molecule has 1 saturated heterocycles. The quantitative estimate of drug-likeness (QED) is 0.707. The van der Waals surface area contributed by atoms with Crippen molar-refractivity contribution in [2.75, 3.05) is 26.4 Å². The lowest BCUT2D eigenvalue weighted by atomic mass is 9.74. The molecule has 2 N–H and O–H groups in total. The molecule has 14 heavy (non-hydrogen) atoms. The molecule has 3 heteroatoms. The van der Waals surface area contributed by atoms with Crippen molar-refractivity contribution in [2.45, 2.75) is 38.1 Å². The summed E-state index contributed by atoms with van der Waals surface area (Å²) < 4.78 is 5.12. The summed E-state index contributed by atoms with van der Waals surface area (Å²) >= 11 is 0. The van der Waals surface area contributed by atoms with Crippen molar-refractivity contribution in [2.24, 2.45) is 5.41 Å². The number of ether oxygens (including phenoxy) is 1. The molecule has 0 atom stereocenters. The highest BCUT2D eigenvalue weighted by molar-refractivity contribution is 4.86. The van der Waals surface area contributed by atoms with Gasteiger partial charge in [-0.3, -0.25) is 0 Å². The van der Waals surface area contributed by atoms with Crippen LogP contribution >= 0.6 is 0 Å². The second kappa shape index (κ2) is 4.60. The molecule has 3 nitrogen and oxygen atoms in total. The fraction of sp³-hybridized carbons (Fsp3) is 1.00. The minimum Gasteiger partial charge on any atom is -0.396 e. The summed E-state index contributed by atoms with van der Waals surface area (Å²) in [5.74, 6) is 0. The van der Waals surface area contributed by atoms with Crippen LogP contribution in [0.15, 0.2) is 0 Å². The van der Waals surface area contributed by atoms with E-state index in [9.17, 15) is 5.11 Å². The molecule has 1 aliphatic carbocycles. The van der Waals surface area contributed by atoms with Crippen molar-refractivity contribution in [3.8, 4) is 0 Å². The molecular formula is C11H21NO2. The van der Waals surface area contributed by atoms with Gasteiger partial charge in [-0.2, -0.15) is 0 Å². The fourth-order valence-corrected chi connectivity index (χ4v) is 2.41. The Kier molecular flexibility index (Phi) is 3.42. The first-order chi connectivity index (χ1) is 6.85. The van der Waals surface area contributed by atoms with Gasteiger partial charge in [0.25, 0.3) is 0 Å². The smallest absolute Gasteiger partial charge is 0.0643 e. The number of rotatable bonds is 4. The molecule has 0 aromatic rings. The van der Waals surface area contributed by atoms with Crippen molar-refractivity contribution >= 4 is 0 Å². The average Bonchev–Trinajstić information content (AvgIpc) is 2.17. The molecule has 0 amide bonds. The minimum atomic E-state index is 0.174. The van der Waals surface area contributed by atoms with Crippen LogP contribution < -0.4 is 5.32 Å². The molecule has 0 bridgehead atoms. The number of nitrogens with one attached hydrogen (secondary N) is 1. The number of hydrogen-bond acceptors (Lipinski definition) is 3. The number of hydrogen-bond donors (Lipinski definition) is 2. The Morgan fingerprint density at radius 3 is 2.43 bits per heavy atom. The maximum absolute atomic E-state index is 9.47. The van der Waals surface area contributed by atoms with Crippen LogP contribution in [0, 0.1) is 5.41 Å². The molecule has 0 unspecified atom stereocenters. The van der Waals surface area contributed by atoms with Crippen LogP contribution in [0.25, 0.3) is 0 Å². The molecule has 0 aromatic carbocycles. The van der Waals surface area contributed by atoms with E-state index in [4.69, 9.17) is 4.74 Å². The fourth-order valence-electron chi connectivity index (χ4n) is 2.41. The van der Waals surface area contributed by atoms with Crippen molar-refractivity contribution in [3.05, 3.63) is 0 Å². The highest BCUT2D eigenvalue weighted by Crippen LogP contribution is 2.35. The molecule has 1 heterocycles. The third-order valence-corrected chi connectivity index (χ3v) is 3.65. The Bertz CT molecular complexity index is 174. The van der Waals surface area contributed by atoms with Gasteiger partial charge in [0.1, 0.15) is 0 Å². The summed E-state index contributed by atoms with van der Waals surface area (Å²) in [7, 11) is 0. The van der Waals surface area contributed by atoms with Gasteiger partial charge in [-0.1, -0.05) is 19.3 Å². The Morgan fingerprint density at radius 2 is 1.93 bits per heavy atom. The molecular weight excluding hydrogens is 178 g/mol. The molecule has 2 fully saturated rings. The highest BCUT2D eigenvalue weighted by atomic mass is 16.5. The SMILES string of the molecule is OCC1(CNC2COC2)CCCCC1. The second-order valence-corrected chi connectivity index (χ2v) is 4.83. The Morgan fingerprint density at radius 1 is 1.21 bits per heavy atom. The standard InChI is InChI=1S/C11H21NO2/c13-9-11(4-2-1-3-5-11)8-12-10-6-14-7-10/h10,12-13H,1-9H2. The maximum Gasteiger partial charge on any atom is 0.0643 e. The van der Waals surface area contributed by atoms with Crippen LogP contribution in [0.4, 0.5) is 0 Å². The third-order valence-electron chi connectivity index (χ3n) is 3.65. The van der Waals surface area contributed by atoms with E-state index in [2.05, 4.69) is 5.32 Å². The van der Waals surface area contributed by atoms with Crippen molar-refractivity contribution in [1.82, 2.24) is 5.32 Å². The summed E-state index contributed by atoms with van der Waals surface area (Å²) in [5.41, 5.74) is 0.174. The average molecular weight is 199 g/mol. The Labute approximate surface area is 85.8 Å². The summed E-state index contributed by atoms with van der Waals surface area (Å²) in [5, 5.41) is 13.0. The van der Waals surface area contributed by atoms with Gasteiger partial charge in [-0.05, 0) is 12.8 Å². The van der Waals surface area contributed by atoms with Gasteiger partial charge in [0.15, 0.2) is 0 Å². The van der Waals surface area contributed by atoms with E-state index >= 15 is 0 Å². The molecule has 82 valence electrons. The van der Waals surface area contributed by atoms with E-state index in [1.165, 1.54) is 32.1 Å². The van der Waals surface area contributed by atoms with Gasteiger partial charge in [0.2, 0.25) is 0 Å². The lowest BCUT2D eigenvalue weighted by Crippen LogP contribution is -2.51. The molecule has 0 spiro atoms. The topological polar surface area (TPSA) is 41.5 Å². The lowest BCUT2D eigenvalue weighted by molar-refractivity contribution is -0.0164. The predicted octanol–water partition coefficient (Wildman–Crippen LogP) is 0.918. The van der Waals surface area contributed by atoms with E-state index in [-0.39, 0.29) is 5.41 Å². The Balaban J connectivity index is 1.77. The van der Waals surface area contributed by atoms with Gasteiger partial charge in [-0.15, -0.1) is 0 Å². The zero-order valence-corrected chi connectivity index (χ0v) is 8.80. The first kappa shape index (κ1) is 10.4. The molecule has 0 aromatic heterocycles. The third kappa shape index (κ3) is 2.27. The van der Waals surface area contributed by atoms with Crippen LogP contribution in [0.5, 0.6) is 0 Å². The van der Waals surface area contributed by atoms with Crippen LogP contribution in [0.3, 0.4) is 0 Å². The molecule has 2 rings (SSSR count). The van der Waals surface area contributed by atoms with Crippen molar-refractivity contribution < 1.29 is 9.84 Å².